The fourth-order valence-electron chi connectivity index (χ4n) is 3.07. The van der Waals surface area contributed by atoms with Crippen molar-refractivity contribution in [1.82, 2.24) is 4.90 Å². The molecule has 3 rings (SSSR count). The molecule has 0 spiro atoms. The van der Waals surface area contributed by atoms with Crippen LogP contribution in [0.25, 0.3) is 11.0 Å². The van der Waals surface area contributed by atoms with E-state index < -0.39 is 5.63 Å². The number of phenolic OH excluding ortho intramolecular Hbond substituents is 2. The number of nitrogens with zero attached hydrogens (tertiary/aromatic N) is 1. The minimum Gasteiger partial charge on any atom is -0.508 e. The maximum atomic E-state index is 12.5. The van der Waals surface area contributed by atoms with Crippen LogP contribution < -0.4 is 5.63 Å². The van der Waals surface area contributed by atoms with E-state index in [9.17, 15) is 19.8 Å². The van der Waals surface area contributed by atoms with Crippen molar-refractivity contribution >= 4 is 16.9 Å². The number of amides is 1. The van der Waals surface area contributed by atoms with Crippen molar-refractivity contribution < 1.29 is 23.8 Å². The minimum absolute atomic E-state index is 0.0815. The van der Waals surface area contributed by atoms with E-state index in [2.05, 4.69) is 0 Å². The van der Waals surface area contributed by atoms with E-state index in [0.29, 0.717) is 17.5 Å². The Kier molecular flexibility index (Phi) is 5.21. The van der Waals surface area contributed by atoms with Gasteiger partial charge in [-0.1, -0.05) is 0 Å². The van der Waals surface area contributed by atoms with E-state index in [1.54, 1.807) is 25.1 Å². The number of fused-ring (bicyclic) bond motifs is 1. The van der Waals surface area contributed by atoms with Gasteiger partial charge in [0.1, 0.15) is 22.8 Å². The first kappa shape index (κ1) is 18.6. The van der Waals surface area contributed by atoms with Crippen LogP contribution in [0.5, 0.6) is 11.5 Å². The lowest BCUT2D eigenvalue weighted by Gasteiger charge is -2.17. The molecule has 1 aromatic carbocycles. The number of carbonyl (C=O) groups excluding carboxylic acids is 1. The smallest absolute Gasteiger partial charge is 0.340 e. The van der Waals surface area contributed by atoms with Crippen molar-refractivity contribution in [2.45, 2.75) is 26.2 Å². The number of hydrogen-bond donors (Lipinski definition) is 2. The number of phenols is 2. The molecule has 0 saturated carbocycles. The van der Waals surface area contributed by atoms with Gasteiger partial charge in [-0.25, -0.2) is 4.79 Å². The summed E-state index contributed by atoms with van der Waals surface area (Å²) in [5.74, 6) is 0.234. The third-order valence-electron chi connectivity index (χ3n) is 4.59. The van der Waals surface area contributed by atoms with E-state index >= 15 is 0 Å². The zero-order chi connectivity index (χ0) is 19.6. The molecule has 0 fully saturated rings. The minimum atomic E-state index is -0.651. The van der Waals surface area contributed by atoms with Gasteiger partial charge < -0.3 is 23.9 Å². The van der Waals surface area contributed by atoms with Crippen LogP contribution in [0.3, 0.4) is 0 Å². The van der Waals surface area contributed by atoms with E-state index in [4.69, 9.17) is 8.83 Å². The second-order valence-electron chi connectivity index (χ2n) is 6.51. The predicted octanol–water partition coefficient (Wildman–Crippen LogP) is 2.74. The molecule has 1 amide bonds. The summed E-state index contributed by atoms with van der Waals surface area (Å²) < 4.78 is 10.5. The Hall–Kier alpha value is -3.22. The molecule has 0 unspecified atom stereocenters. The summed E-state index contributed by atoms with van der Waals surface area (Å²) >= 11 is 0. The number of rotatable bonds is 6. The van der Waals surface area contributed by atoms with Gasteiger partial charge in [0.25, 0.3) is 0 Å². The summed E-state index contributed by atoms with van der Waals surface area (Å²) in [6, 6.07) is 6.13. The van der Waals surface area contributed by atoms with Crippen LogP contribution in [0.1, 0.15) is 23.3 Å². The van der Waals surface area contributed by atoms with Crippen molar-refractivity contribution in [3.63, 3.8) is 0 Å². The number of carbonyl (C=O) groups is 1. The Morgan fingerprint density at radius 2 is 2.04 bits per heavy atom. The molecule has 142 valence electrons. The number of hydrogen-bond acceptors (Lipinski definition) is 6. The van der Waals surface area contributed by atoms with Crippen molar-refractivity contribution in [2.75, 3.05) is 13.6 Å². The van der Waals surface area contributed by atoms with E-state index in [0.717, 1.165) is 18.6 Å². The molecule has 2 aromatic heterocycles. The number of aryl methyl sites for hydroxylation is 2. The van der Waals surface area contributed by atoms with Crippen LogP contribution in [-0.4, -0.2) is 34.6 Å². The first-order valence-corrected chi connectivity index (χ1v) is 8.61. The Balaban J connectivity index is 1.75. The zero-order valence-corrected chi connectivity index (χ0v) is 15.2. The lowest BCUT2D eigenvalue weighted by Crippen LogP contribution is -2.31. The second-order valence-corrected chi connectivity index (χ2v) is 6.51. The largest absolute Gasteiger partial charge is 0.508 e. The van der Waals surface area contributed by atoms with Crippen LogP contribution in [0.2, 0.25) is 0 Å². The molecular weight excluding hydrogens is 350 g/mol. The second kappa shape index (κ2) is 7.57. The first-order chi connectivity index (χ1) is 12.9. The molecule has 0 aliphatic carbocycles. The van der Waals surface area contributed by atoms with Crippen molar-refractivity contribution in [2.24, 2.45) is 0 Å². The molecule has 0 bridgehead atoms. The third-order valence-corrected chi connectivity index (χ3v) is 4.59. The molecule has 7 nitrogen and oxygen atoms in total. The molecule has 2 N–H and O–H groups in total. The average molecular weight is 371 g/mol. The van der Waals surface area contributed by atoms with Crippen molar-refractivity contribution in [1.29, 1.82) is 0 Å². The Morgan fingerprint density at radius 1 is 1.26 bits per heavy atom. The molecule has 2 heterocycles. The van der Waals surface area contributed by atoms with Crippen LogP contribution >= 0.6 is 0 Å². The lowest BCUT2D eigenvalue weighted by molar-refractivity contribution is -0.129. The average Bonchev–Trinajstić information content (AvgIpc) is 3.10. The first-order valence-electron chi connectivity index (χ1n) is 8.61. The van der Waals surface area contributed by atoms with Crippen LogP contribution in [0.15, 0.2) is 44.2 Å². The van der Waals surface area contributed by atoms with Crippen LogP contribution in [-0.2, 0) is 17.6 Å². The van der Waals surface area contributed by atoms with Gasteiger partial charge in [-0.2, -0.15) is 0 Å². The highest BCUT2D eigenvalue weighted by Crippen LogP contribution is 2.32. The summed E-state index contributed by atoms with van der Waals surface area (Å²) in [5, 5.41) is 19.9. The van der Waals surface area contributed by atoms with Crippen molar-refractivity contribution in [3.05, 3.63) is 57.8 Å². The third kappa shape index (κ3) is 3.97. The summed E-state index contributed by atoms with van der Waals surface area (Å²) in [6.45, 7) is 2.17. The quantitative estimate of drug-likeness (QED) is 0.646. The van der Waals surface area contributed by atoms with Gasteiger partial charge in [0.2, 0.25) is 5.91 Å². The fourth-order valence-corrected chi connectivity index (χ4v) is 3.07. The summed E-state index contributed by atoms with van der Waals surface area (Å²) in [4.78, 5) is 26.4. The fraction of sp³-hybridized carbons (Fsp3) is 0.300. The topological polar surface area (TPSA) is 104 Å². The molecule has 0 atom stereocenters. The van der Waals surface area contributed by atoms with E-state index in [-0.39, 0.29) is 35.0 Å². The van der Waals surface area contributed by atoms with Crippen LogP contribution in [0.4, 0.5) is 0 Å². The summed E-state index contributed by atoms with van der Waals surface area (Å²) in [6.07, 6.45) is 2.95. The van der Waals surface area contributed by atoms with Gasteiger partial charge in [0, 0.05) is 32.1 Å². The van der Waals surface area contributed by atoms with Crippen LogP contribution in [0, 0.1) is 6.92 Å². The van der Waals surface area contributed by atoms with E-state index in [1.165, 1.54) is 12.1 Å². The van der Waals surface area contributed by atoms with Gasteiger partial charge in [-0.3, -0.25) is 4.79 Å². The SMILES string of the molecule is Cc1c(CC(=O)N(C)CCCc2ccco2)c(=O)oc2cc(O)cc(O)c12. The molecule has 0 radical (unpaired) electrons. The highest BCUT2D eigenvalue weighted by Gasteiger charge is 2.19. The molecule has 0 aliphatic rings. The highest BCUT2D eigenvalue weighted by atomic mass is 16.4. The monoisotopic (exact) mass is 371 g/mol. The number of benzene rings is 1. The summed E-state index contributed by atoms with van der Waals surface area (Å²) in [5.41, 5.74) is 0.0998. The van der Waals surface area contributed by atoms with Crippen molar-refractivity contribution in [3.8, 4) is 11.5 Å². The van der Waals surface area contributed by atoms with Gasteiger partial charge in [-0.15, -0.1) is 0 Å². The van der Waals surface area contributed by atoms with Gasteiger partial charge in [0.15, 0.2) is 0 Å². The highest BCUT2D eigenvalue weighted by molar-refractivity contribution is 5.89. The normalized spacial score (nSPS) is 11.0. The van der Waals surface area contributed by atoms with Gasteiger partial charge in [0.05, 0.1) is 23.6 Å². The molecule has 27 heavy (non-hydrogen) atoms. The molecule has 0 saturated heterocycles. The summed E-state index contributed by atoms with van der Waals surface area (Å²) in [7, 11) is 1.68. The van der Waals surface area contributed by atoms with Gasteiger partial charge >= 0.3 is 5.63 Å². The Morgan fingerprint density at radius 3 is 2.74 bits per heavy atom. The number of furan rings is 1. The number of likely N-dealkylation sites (N-methyl/N-ethyl adjacent to an activating group) is 1. The Bertz CT molecular complexity index is 1020. The maximum absolute atomic E-state index is 12.5. The molecule has 0 aliphatic heterocycles. The zero-order valence-electron chi connectivity index (χ0n) is 15.2. The maximum Gasteiger partial charge on any atom is 0.340 e. The standard InChI is InChI=1S/C20H21NO6/c1-12-15(20(25)27-17-10-13(22)9-16(23)19(12)17)11-18(24)21(2)7-3-5-14-6-4-8-26-14/h4,6,8-10,22-23H,3,5,7,11H2,1-2H3. The Labute approximate surface area is 155 Å². The number of aromatic hydroxyl groups is 2. The predicted molar refractivity (Wildman–Crippen MR) is 98.9 cm³/mol. The van der Waals surface area contributed by atoms with Gasteiger partial charge in [-0.05, 0) is 31.0 Å². The molecule has 3 aromatic rings. The molecule has 7 heteroatoms. The lowest BCUT2D eigenvalue weighted by atomic mass is 10.0. The molecular formula is C20H21NO6. The van der Waals surface area contributed by atoms with E-state index in [1.807, 2.05) is 12.1 Å².